The van der Waals surface area contributed by atoms with Gasteiger partial charge in [-0.1, -0.05) is 6.07 Å². The minimum Gasteiger partial charge on any atom is -0.465 e. The Morgan fingerprint density at radius 1 is 1.54 bits per heavy atom. The molecule has 0 aliphatic heterocycles. The summed E-state index contributed by atoms with van der Waals surface area (Å²) in [5.41, 5.74) is 0.276. The number of anilines is 1. The molecule has 5 heteroatoms. The van der Waals surface area contributed by atoms with E-state index >= 15 is 0 Å². The first-order chi connectivity index (χ1) is 6.13. The molecule has 0 saturated carbocycles. The molecule has 0 unspecified atom stereocenters. The van der Waals surface area contributed by atoms with Gasteiger partial charge < -0.3 is 10.2 Å². The highest BCUT2D eigenvalue weighted by molar-refractivity contribution is 5.82. The van der Waals surface area contributed by atoms with Gasteiger partial charge >= 0.3 is 6.09 Å². The van der Waals surface area contributed by atoms with E-state index in [-0.39, 0.29) is 11.3 Å². The molecule has 0 atom stereocenters. The van der Waals surface area contributed by atoms with Crippen molar-refractivity contribution in [2.24, 2.45) is 0 Å². The van der Waals surface area contributed by atoms with Crippen LogP contribution in [-0.4, -0.2) is 16.3 Å². The van der Waals surface area contributed by atoms with Crippen LogP contribution in [0.5, 0.6) is 0 Å². The van der Waals surface area contributed by atoms with Gasteiger partial charge in [0.05, 0.1) is 6.61 Å². The maximum Gasteiger partial charge on any atom is 0.409 e. The van der Waals surface area contributed by atoms with E-state index in [1.807, 2.05) is 5.32 Å². The lowest BCUT2D eigenvalue weighted by Crippen LogP contribution is -2.07. The summed E-state index contributed by atoms with van der Waals surface area (Å²) in [4.78, 5) is 10.2. The number of nitrogens with one attached hydrogen (secondary N) is 1. The van der Waals surface area contributed by atoms with Crippen LogP contribution in [-0.2, 0) is 6.61 Å². The van der Waals surface area contributed by atoms with Crippen LogP contribution in [0.25, 0.3) is 0 Å². The van der Waals surface area contributed by atoms with Crippen LogP contribution < -0.4 is 5.32 Å². The van der Waals surface area contributed by atoms with Gasteiger partial charge in [0, 0.05) is 11.3 Å². The summed E-state index contributed by atoms with van der Waals surface area (Å²) in [6.45, 7) is -0.404. The summed E-state index contributed by atoms with van der Waals surface area (Å²) < 4.78 is 12.9. The number of hydrogen-bond donors (Lipinski definition) is 3. The van der Waals surface area contributed by atoms with Crippen molar-refractivity contribution in [3.63, 3.8) is 0 Å². The lowest BCUT2D eigenvalue weighted by molar-refractivity contribution is 0.209. The molecule has 0 aliphatic carbocycles. The molecule has 1 aromatic rings. The fourth-order valence-electron chi connectivity index (χ4n) is 0.877. The Labute approximate surface area is 73.6 Å². The van der Waals surface area contributed by atoms with Gasteiger partial charge in [0.25, 0.3) is 0 Å². The number of hydrogen-bond acceptors (Lipinski definition) is 2. The van der Waals surface area contributed by atoms with Crippen LogP contribution in [0.1, 0.15) is 5.56 Å². The van der Waals surface area contributed by atoms with Gasteiger partial charge in [0.15, 0.2) is 0 Å². The van der Waals surface area contributed by atoms with E-state index < -0.39 is 18.5 Å². The molecule has 0 spiro atoms. The SMILES string of the molecule is O=C(O)Nc1ccc(CO)c(F)c1. The van der Waals surface area contributed by atoms with E-state index in [0.717, 1.165) is 6.07 Å². The monoisotopic (exact) mass is 185 g/mol. The number of benzene rings is 1. The topological polar surface area (TPSA) is 69.6 Å². The van der Waals surface area contributed by atoms with Crippen LogP contribution in [0, 0.1) is 5.82 Å². The Kier molecular flexibility index (Phi) is 2.81. The minimum absolute atomic E-state index is 0.135. The van der Waals surface area contributed by atoms with E-state index in [0.29, 0.717) is 0 Å². The smallest absolute Gasteiger partial charge is 0.409 e. The van der Waals surface area contributed by atoms with E-state index in [4.69, 9.17) is 10.2 Å². The Morgan fingerprint density at radius 2 is 2.23 bits per heavy atom. The van der Waals surface area contributed by atoms with E-state index in [1.165, 1.54) is 12.1 Å². The first-order valence-electron chi connectivity index (χ1n) is 3.52. The molecule has 70 valence electrons. The predicted molar refractivity (Wildman–Crippen MR) is 44.0 cm³/mol. The lowest BCUT2D eigenvalue weighted by atomic mass is 10.2. The van der Waals surface area contributed by atoms with Gasteiger partial charge in [-0.15, -0.1) is 0 Å². The minimum atomic E-state index is -1.25. The number of amides is 1. The Morgan fingerprint density at radius 3 is 2.69 bits per heavy atom. The second kappa shape index (κ2) is 3.86. The second-order valence-corrected chi connectivity index (χ2v) is 2.39. The van der Waals surface area contributed by atoms with Crippen molar-refractivity contribution in [1.29, 1.82) is 0 Å². The van der Waals surface area contributed by atoms with E-state index in [1.54, 1.807) is 0 Å². The van der Waals surface area contributed by atoms with Crippen LogP contribution in [0.15, 0.2) is 18.2 Å². The number of carbonyl (C=O) groups is 1. The second-order valence-electron chi connectivity index (χ2n) is 2.39. The summed E-state index contributed by atoms with van der Waals surface area (Å²) in [6, 6.07) is 3.71. The molecular formula is C8H8FNO3. The molecule has 4 nitrogen and oxygen atoms in total. The summed E-state index contributed by atoms with van der Waals surface area (Å²) in [7, 11) is 0. The summed E-state index contributed by atoms with van der Waals surface area (Å²) >= 11 is 0. The molecule has 0 bridgehead atoms. The third-order valence-corrected chi connectivity index (χ3v) is 1.47. The molecule has 0 fully saturated rings. The summed E-state index contributed by atoms with van der Waals surface area (Å²) in [6.07, 6.45) is -1.25. The maximum absolute atomic E-state index is 12.9. The van der Waals surface area contributed by atoms with E-state index in [2.05, 4.69) is 0 Å². The molecule has 0 aliphatic rings. The highest BCUT2D eigenvalue weighted by Gasteiger charge is 2.03. The third-order valence-electron chi connectivity index (χ3n) is 1.47. The van der Waals surface area contributed by atoms with E-state index in [9.17, 15) is 9.18 Å². The average molecular weight is 185 g/mol. The Balaban J connectivity index is 2.89. The highest BCUT2D eigenvalue weighted by Crippen LogP contribution is 2.14. The van der Waals surface area contributed by atoms with Gasteiger partial charge in [0.2, 0.25) is 0 Å². The van der Waals surface area contributed by atoms with Crippen molar-refractivity contribution >= 4 is 11.8 Å². The largest absolute Gasteiger partial charge is 0.465 e. The van der Waals surface area contributed by atoms with Crippen molar-refractivity contribution in [3.05, 3.63) is 29.6 Å². The zero-order valence-electron chi connectivity index (χ0n) is 6.62. The maximum atomic E-state index is 12.9. The quantitative estimate of drug-likeness (QED) is 0.652. The van der Waals surface area contributed by atoms with Crippen LogP contribution in [0.2, 0.25) is 0 Å². The fourth-order valence-corrected chi connectivity index (χ4v) is 0.877. The fraction of sp³-hybridized carbons (Fsp3) is 0.125. The van der Waals surface area contributed by atoms with Crippen LogP contribution in [0.3, 0.4) is 0 Å². The van der Waals surface area contributed by atoms with Crippen molar-refractivity contribution in [1.82, 2.24) is 0 Å². The van der Waals surface area contributed by atoms with Crippen molar-refractivity contribution in [3.8, 4) is 0 Å². The molecule has 1 rings (SSSR count). The van der Waals surface area contributed by atoms with Gasteiger partial charge in [0.1, 0.15) is 5.82 Å². The number of rotatable bonds is 2. The van der Waals surface area contributed by atoms with Gasteiger partial charge in [-0.25, -0.2) is 9.18 Å². The van der Waals surface area contributed by atoms with Gasteiger partial charge in [-0.2, -0.15) is 0 Å². The molecular weight excluding hydrogens is 177 g/mol. The lowest BCUT2D eigenvalue weighted by Gasteiger charge is -2.02. The first-order valence-corrected chi connectivity index (χ1v) is 3.52. The Hall–Kier alpha value is -1.62. The molecule has 0 radical (unpaired) electrons. The molecule has 0 aromatic heterocycles. The summed E-state index contributed by atoms with van der Waals surface area (Å²) in [5.74, 6) is -0.631. The number of carboxylic acid groups (broad SMARTS) is 1. The molecule has 0 saturated heterocycles. The van der Waals surface area contributed by atoms with Gasteiger partial charge in [-0.05, 0) is 12.1 Å². The first kappa shape index (κ1) is 9.47. The zero-order valence-corrected chi connectivity index (χ0v) is 6.62. The summed E-state index contributed by atoms with van der Waals surface area (Å²) in [5, 5.41) is 18.9. The highest BCUT2D eigenvalue weighted by atomic mass is 19.1. The number of aliphatic hydroxyl groups is 1. The standard InChI is InChI=1S/C8H8FNO3/c9-7-3-6(10-8(12)13)2-1-5(7)4-11/h1-3,10-11H,4H2,(H,12,13). The normalized spacial score (nSPS) is 9.69. The van der Waals surface area contributed by atoms with Gasteiger partial charge in [-0.3, -0.25) is 5.32 Å². The van der Waals surface area contributed by atoms with Crippen LogP contribution >= 0.6 is 0 Å². The molecule has 1 aromatic carbocycles. The van der Waals surface area contributed by atoms with Crippen LogP contribution in [0.4, 0.5) is 14.9 Å². The Bertz CT molecular complexity index is 327. The molecule has 0 heterocycles. The molecule has 1 amide bonds. The zero-order chi connectivity index (χ0) is 9.84. The van der Waals surface area contributed by atoms with Crippen molar-refractivity contribution in [2.45, 2.75) is 6.61 Å². The molecule has 3 N–H and O–H groups in total. The number of aliphatic hydroxyl groups excluding tert-OH is 1. The van der Waals surface area contributed by atoms with Crippen molar-refractivity contribution in [2.75, 3.05) is 5.32 Å². The average Bonchev–Trinajstić information content (AvgIpc) is 2.03. The van der Waals surface area contributed by atoms with Crippen molar-refractivity contribution < 1.29 is 19.4 Å². The predicted octanol–water partition coefficient (Wildman–Crippen LogP) is 1.41. The third kappa shape index (κ3) is 2.41. The number of halogens is 1. The molecule has 13 heavy (non-hydrogen) atoms.